The van der Waals surface area contributed by atoms with Crippen LogP contribution in [0.2, 0.25) is 0 Å². The minimum Gasteiger partial charge on any atom is -1.00 e. The van der Waals surface area contributed by atoms with Crippen LogP contribution >= 0.6 is 0 Å². The number of ether oxygens (including phenoxy) is 1. The van der Waals surface area contributed by atoms with E-state index < -0.39 is 0 Å². The standard InChI is InChI=1S/C17H25N2O.BrH/c1-3-4-5-6-7-12-18-13-14-19(15-18)16-8-10-17(20-2)11-9-16;/h8-11,13-15H,3-7,12H2,1-2H3;1H/q+1;/p-1. The van der Waals surface area contributed by atoms with E-state index in [9.17, 15) is 0 Å². The van der Waals surface area contributed by atoms with Crippen molar-refractivity contribution in [1.82, 2.24) is 4.57 Å². The van der Waals surface area contributed by atoms with E-state index in [1.54, 1.807) is 7.11 Å². The Balaban J connectivity index is 0.00000220. The summed E-state index contributed by atoms with van der Waals surface area (Å²) < 4.78 is 9.59. The molecule has 2 aromatic rings. The third kappa shape index (κ3) is 5.54. The third-order valence-electron chi connectivity index (χ3n) is 3.58. The Hall–Kier alpha value is -1.29. The van der Waals surface area contributed by atoms with Gasteiger partial charge in [-0.1, -0.05) is 26.2 Å². The second-order valence-corrected chi connectivity index (χ2v) is 5.17. The lowest BCUT2D eigenvalue weighted by Gasteiger charge is -2.00. The van der Waals surface area contributed by atoms with E-state index in [0.717, 1.165) is 18.0 Å². The molecule has 0 aliphatic rings. The Morgan fingerprint density at radius 3 is 2.43 bits per heavy atom. The molecule has 1 heterocycles. The number of aromatic nitrogens is 2. The highest BCUT2D eigenvalue weighted by molar-refractivity contribution is 5.31. The zero-order valence-corrected chi connectivity index (χ0v) is 14.6. The largest absolute Gasteiger partial charge is 1.00 e. The average Bonchev–Trinajstić information content (AvgIpc) is 2.96. The molecule has 2 rings (SSSR count). The molecule has 0 fully saturated rings. The van der Waals surface area contributed by atoms with Gasteiger partial charge in [0.05, 0.1) is 13.7 Å². The number of imidazole rings is 1. The van der Waals surface area contributed by atoms with E-state index in [2.05, 4.69) is 46.9 Å². The first-order chi connectivity index (χ1) is 9.83. The summed E-state index contributed by atoms with van der Waals surface area (Å²) in [6.45, 7) is 3.36. The minimum absolute atomic E-state index is 0. The van der Waals surface area contributed by atoms with Crippen molar-refractivity contribution >= 4 is 0 Å². The zero-order valence-electron chi connectivity index (χ0n) is 13.0. The molecule has 21 heavy (non-hydrogen) atoms. The first-order valence-corrected chi connectivity index (χ1v) is 7.55. The maximum Gasteiger partial charge on any atom is 0.248 e. The van der Waals surface area contributed by atoms with Crippen LogP contribution in [-0.4, -0.2) is 11.7 Å². The van der Waals surface area contributed by atoms with E-state index in [4.69, 9.17) is 4.74 Å². The van der Waals surface area contributed by atoms with Gasteiger partial charge in [0.1, 0.15) is 23.8 Å². The van der Waals surface area contributed by atoms with Gasteiger partial charge in [-0.15, -0.1) is 0 Å². The normalized spacial score (nSPS) is 10.2. The Morgan fingerprint density at radius 1 is 1.05 bits per heavy atom. The summed E-state index contributed by atoms with van der Waals surface area (Å²) in [7, 11) is 1.69. The van der Waals surface area contributed by atoms with Gasteiger partial charge in [-0.05, 0) is 37.1 Å². The third-order valence-corrected chi connectivity index (χ3v) is 3.58. The van der Waals surface area contributed by atoms with Crippen molar-refractivity contribution in [3.63, 3.8) is 0 Å². The lowest BCUT2D eigenvalue weighted by atomic mass is 10.1. The van der Waals surface area contributed by atoms with Gasteiger partial charge in [0.2, 0.25) is 6.33 Å². The first kappa shape index (κ1) is 17.8. The van der Waals surface area contributed by atoms with Crippen molar-refractivity contribution in [3.8, 4) is 11.4 Å². The molecule has 0 saturated heterocycles. The smallest absolute Gasteiger partial charge is 0.248 e. The molecule has 0 saturated carbocycles. The monoisotopic (exact) mass is 352 g/mol. The molecule has 0 radical (unpaired) electrons. The van der Waals surface area contributed by atoms with Gasteiger partial charge >= 0.3 is 0 Å². The van der Waals surface area contributed by atoms with Crippen LogP contribution in [-0.2, 0) is 6.54 Å². The van der Waals surface area contributed by atoms with Gasteiger partial charge in [-0.25, -0.2) is 9.13 Å². The number of hydrogen-bond acceptors (Lipinski definition) is 1. The fraction of sp³-hybridized carbons (Fsp3) is 0.471. The van der Waals surface area contributed by atoms with Crippen molar-refractivity contribution in [1.29, 1.82) is 0 Å². The molecule has 0 atom stereocenters. The van der Waals surface area contributed by atoms with Crippen molar-refractivity contribution < 1.29 is 26.3 Å². The number of benzene rings is 1. The Bertz CT molecular complexity index is 508. The van der Waals surface area contributed by atoms with E-state index in [-0.39, 0.29) is 17.0 Å². The van der Waals surface area contributed by atoms with Crippen molar-refractivity contribution in [3.05, 3.63) is 43.0 Å². The lowest BCUT2D eigenvalue weighted by Crippen LogP contribution is -3.00. The quantitative estimate of drug-likeness (QED) is 0.506. The van der Waals surface area contributed by atoms with Gasteiger partial charge in [0.15, 0.2) is 0 Å². The molecule has 1 aromatic heterocycles. The molecule has 0 N–H and O–H groups in total. The Labute approximate surface area is 138 Å². The lowest BCUT2D eigenvalue weighted by molar-refractivity contribution is -0.595. The second-order valence-electron chi connectivity index (χ2n) is 5.17. The molecule has 116 valence electrons. The highest BCUT2D eigenvalue weighted by atomic mass is 79.9. The predicted molar refractivity (Wildman–Crippen MR) is 81.3 cm³/mol. The number of unbranched alkanes of at least 4 members (excludes halogenated alkanes) is 4. The fourth-order valence-corrected chi connectivity index (χ4v) is 2.33. The molecule has 3 nitrogen and oxygen atoms in total. The molecule has 0 amide bonds. The van der Waals surface area contributed by atoms with Crippen molar-refractivity contribution in [2.45, 2.75) is 45.6 Å². The van der Waals surface area contributed by atoms with E-state index in [1.165, 1.54) is 32.1 Å². The Morgan fingerprint density at radius 2 is 1.76 bits per heavy atom. The van der Waals surface area contributed by atoms with Gasteiger partial charge in [-0.3, -0.25) is 0 Å². The fourth-order valence-electron chi connectivity index (χ4n) is 2.33. The minimum atomic E-state index is 0. The summed E-state index contributed by atoms with van der Waals surface area (Å²) in [6, 6.07) is 8.13. The maximum absolute atomic E-state index is 5.18. The van der Waals surface area contributed by atoms with E-state index >= 15 is 0 Å². The van der Waals surface area contributed by atoms with Gasteiger partial charge in [-0.2, -0.15) is 0 Å². The number of methoxy groups -OCH3 is 1. The molecule has 0 spiro atoms. The second kappa shape index (κ2) is 9.61. The molecule has 1 aromatic carbocycles. The molecule has 4 heteroatoms. The number of halogens is 1. The first-order valence-electron chi connectivity index (χ1n) is 7.55. The van der Waals surface area contributed by atoms with Crippen LogP contribution in [0.1, 0.15) is 39.0 Å². The van der Waals surface area contributed by atoms with Gasteiger partial charge < -0.3 is 21.7 Å². The molecule has 0 aliphatic carbocycles. The van der Waals surface area contributed by atoms with Crippen LogP contribution in [0.4, 0.5) is 0 Å². The van der Waals surface area contributed by atoms with Crippen molar-refractivity contribution in [2.75, 3.05) is 7.11 Å². The van der Waals surface area contributed by atoms with Crippen molar-refractivity contribution in [2.24, 2.45) is 0 Å². The summed E-state index contributed by atoms with van der Waals surface area (Å²) >= 11 is 0. The topological polar surface area (TPSA) is 18.0 Å². The Kier molecular flexibility index (Phi) is 8.13. The summed E-state index contributed by atoms with van der Waals surface area (Å²) in [6.07, 6.45) is 13.0. The summed E-state index contributed by atoms with van der Waals surface area (Å²) in [4.78, 5) is 0. The number of rotatable bonds is 8. The molecular formula is C17H25BrN2O. The molecule has 0 bridgehead atoms. The van der Waals surface area contributed by atoms with E-state index in [1.807, 2.05) is 12.1 Å². The van der Waals surface area contributed by atoms with Crippen LogP contribution in [0.15, 0.2) is 43.0 Å². The van der Waals surface area contributed by atoms with Gasteiger partial charge in [0.25, 0.3) is 0 Å². The van der Waals surface area contributed by atoms with Crippen LogP contribution in [0.5, 0.6) is 5.75 Å². The summed E-state index contributed by atoms with van der Waals surface area (Å²) in [5.41, 5.74) is 1.16. The SMILES string of the molecule is CCCCCCCn1cc[n+](-c2ccc(OC)cc2)c1.[Br-]. The van der Waals surface area contributed by atoms with Crippen LogP contribution in [0.25, 0.3) is 5.69 Å². The average molecular weight is 353 g/mol. The maximum atomic E-state index is 5.18. The zero-order chi connectivity index (χ0) is 14.2. The molecule has 0 unspecified atom stereocenters. The number of nitrogens with zero attached hydrogens (tertiary/aromatic N) is 2. The number of hydrogen-bond donors (Lipinski definition) is 0. The van der Waals surface area contributed by atoms with Crippen LogP contribution in [0.3, 0.4) is 0 Å². The predicted octanol–water partition coefficient (Wildman–Crippen LogP) is 0.748. The van der Waals surface area contributed by atoms with E-state index in [0.29, 0.717) is 0 Å². The van der Waals surface area contributed by atoms with Crippen LogP contribution < -0.4 is 26.3 Å². The highest BCUT2D eigenvalue weighted by Gasteiger charge is 2.06. The highest BCUT2D eigenvalue weighted by Crippen LogP contribution is 2.11. The summed E-state index contributed by atoms with van der Waals surface area (Å²) in [5.74, 6) is 0.893. The molecule has 0 aliphatic heterocycles. The summed E-state index contributed by atoms with van der Waals surface area (Å²) in [5, 5.41) is 0. The van der Waals surface area contributed by atoms with Crippen LogP contribution in [0, 0.1) is 0 Å². The van der Waals surface area contributed by atoms with Gasteiger partial charge in [0, 0.05) is 0 Å². The molecular weight excluding hydrogens is 328 g/mol. The number of aryl methyl sites for hydroxylation is 1.